The van der Waals surface area contributed by atoms with E-state index in [-0.39, 0.29) is 64.0 Å². The van der Waals surface area contributed by atoms with Gasteiger partial charge in [0.2, 0.25) is 0 Å². The van der Waals surface area contributed by atoms with Crippen molar-refractivity contribution in [1.82, 2.24) is 20.4 Å². The molecule has 0 bridgehead atoms. The van der Waals surface area contributed by atoms with Gasteiger partial charge in [0, 0.05) is 35.3 Å². The van der Waals surface area contributed by atoms with Gasteiger partial charge in [0.1, 0.15) is 35.1 Å². The lowest BCUT2D eigenvalue weighted by atomic mass is 10.0. The number of carboxylic acid groups (broad SMARTS) is 1. The molecule has 224 valence electrons. The maximum Gasteiger partial charge on any atom is 0.352 e. The lowest BCUT2D eigenvalue weighted by molar-refractivity contribution is -0.150. The molecule has 0 saturated carbocycles. The number of phenolic OH excluding ortho intramolecular Hbond substituents is 2. The molecule has 0 radical (unpaired) electrons. The third kappa shape index (κ3) is 6.09. The number of nitrogens with two attached hydrogens (primary N) is 1. The summed E-state index contributed by atoms with van der Waals surface area (Å²) in [5, 5.41) is 40.2. The number of aliphatic carboxylic acids is 1. The standard InChI is InChI=1S/C25H22N6O10S2/c1-10(32)39-6-12-8-42-23-19(22(36)31(23)20(12)24(37)38)28-21(35)18(15-9-43-25(26)27-15)30-40-7-13-5-14(29-41-13)11-2-3-16(33)17(34)4-11/h2-5,9,19,23,33-34H,6-8H2,1H3,(H2,26,27)(H,28,35)(H,37,38)/b30-18-/t19-,23-/m1/s1. The third-order valence-corrected chi connectivity index (χ3v) is 8.17. The molecule has 43 heavy (non-hydrogen) atoms. The largest absolute Gasteiger partial charge is 0.504 e. The number of esters is 1. The molecule has 5 rings (SSSR count). The summed E-state index contributed by atoms with van der Waals surface area (Å²) in [5.74, 6) is -3.71. The van der Waals surface area contributed by atoms with Crippen LogP contribution in [0.25, 0.3) is 11.3 Å². The van der Waals surface area contributed by atoms with E-state index in [0.717, 1.165) is 16.2 Å². The summed E-state index contributed by atoms with van der Waals surface area (Å²) in [7, 11) is 0. The summed E-state index contributed by atoms with van der Waals surface area (Å²) in [6, 6.07) is 4.54. The Morgan fingerprint density at radius 2 is 2.02 bits per heavy atom. The molecule has 18 heteroatoms. The normalized spacial score (nSPS) is 18.1. The summed E-state index contributed by atoms with van der Waals surface area (Å²) in [6.07, 6.45) is 0. The van der Waals surface area contributed by atoms with Gasteiger partial charge < -0.3 is 40.5 Å². The number of nitrogens with zero attached hydrogens (tertiary/aromatic N) is 4. The molecule has 16 nitrogen and oxygen atoms in total. The number of rotatable bonds is 10. The molecule has 0 unspecified atom stereocenters. The first-order valence-corrected chi connectivity index (χ1v) is 14.2. The van der Waals surface area contributed by atoms with E-state index in [0.29, 0.717) is 11.3 Å². The maximum atomic E-state index is 13.3. The number of nitrogens with one attached hydrogen (secondary N) is 1. The average molecular weight is 631 g/mol. The number of thiazole rings is 1. The Bertz CT molecular complexity index is 1680. The Morgan fingerprint density at radius 3 is 2.70 bits per heavy atom. The zero-order valence-electron chi connectivity index (χ0n) is 22.0. The van der Waals surface area contributed by atoms with Gasteiger partial charge in [-0.2, -0.15) is 0 Å². The quantitative estimate of drug-likeness (QED) is 0.0691. The second-order valence-electron chi connectivity index (χ2n) is 9.06. The van der Waals surface area contributed by atoms with Gasteiger partial charge in [0.05, 0.1) is 0 Å². The zero-order chi connectivity index (χ0) is 30.8. The Labute approximate surface area is 249 Å². The van der Waals surface area contributed by atoms with Crippen LogP contribution in [-0.4, -0.2) is 83.6 Å². The molecular formula is C25H22N6O10S2. The van der Waals surface area contributed by atoms with E-state index < -0.39 is 35.2 Å². The third-order valence-electron chi connectivity index (χ3n) is 6.16. The van der Waals surface area contributed by atoms with E-state index in [1.54, 1.807) is 0 Å². The number of benzene rings is 1. The molecule has 2 aliphatic rings. The first-order valence-electron chi connectivity index (χ1n) is 12.3. The minimum Gasteiger partial charge on any atom is -0.504 e. The zero-order valence-corrected chi connectivity index (χ0v) is 23.7. The van der Waals surface area contributed by atoms with Crippen molar-refractivity contribution in [3.8, 4) is 22.8 Å². The van der Waals surface area contributed by atoms with Gasteiger partial charge in [-0.3, -0.25) is 19.3 Å². The Balaban J connectivity index is 1.29. The van der Waals surface area contributed by atoms with Crippen LogP contribution < -0.4 is 11.1 Å². The van der Waals surface area contributed by atoms with Crippen LogP contribution in [0.1, 0.15) is 18.4 Å². The molecule has 1 fully saturated rings. The van der Waals surface area contributed by atoms with Crippen molar-refractivity contribution in [2.75, 3.05) is 18.1 Å². The highest BCUT2D eigenvalue weighted by atomic mass is 32.2. The van der Waals surface area contributed by atoms with Gasteiger partial charge in [-0.15, -0.1) is 23.1 Å². The summed E-state index contributed by atoms with van der Waals surface area (Å²) in [4.78, 5) is 59.9. The minimum atomic E-state index is -1.36. The first-order chi connectivity index (χ1) is 20.5. The van der Waals surface area contributed by atoms with E-state index >= 15 is 0 Å². The monoisotopic (exact) mass is 630 g/mol. The summed E-state index contributed by atoms with van der Waals surface area (Å²) in [5.41, 5.74) is 6.28. The van der Waals surface area contributed by atoms with Crippen molar-refractivity contribution >= 4 is 57.7 Å². The molecule has 2 atom stereocenters. The van der Waals surface area contributed by atoms with Crippen molar-refractivity contribution in [1.29, 1.82) is 0 Å². The number of anilines is 1. The minimum absolute atomic E-state index is 0.0764. The highest BCUT2D eigenvalue weighted by Gasteiger charge is 2.54. The van der Waals surface area contributed by atoms with Crippen molar-refractivity contribution in [3.05, 3.63) is 52.4 Å². The van der Waals surface area contributed by atoms with Gasteiger partial charge in [-0.25, -0.2) is 9.78 Å². The molecule has 4 heterocycles. The van der Waals surface area contributed by atoms with Crippen LogP contribution in [0.15, 0.2) is 50.6 Å². The molecule has 0 spiro atoms. The highest BCUT2D eigenvalue weighted by molar-refractivity contribution is 8.00. The smallest absolute Gasteiger partial charge is 0.352 e. The predicted octanol–water partition coefficient (Wildman–Crippen LogP) is 1.01. The van der Waals surface area contributed by atoms with Gasteiger partial charge in [-0.1, -0.05) is 10.3 Å². The number of carboxylic acids is 1. The number of aromatic nitrogens is 2. The number of oxime groups is 1. The van der Waals surface area contributed by atoms with Gasteiger partial charge in [0.15, 0.2) is 34.7 Å². The number of phenols is 2. The second kappa shape index (κ2) is 12.0. The maximum absolute atomic E-state index is 13.3. The number of fused-ring (bicyclic) bond motifs is 1. The van der Waals surface area contributed by atoms with Gasteiger partial charge >= 0.3 is 11.9 Å². The molecular weight excluding hydrogens is 608 g/mol. The number of carbonyl (C=O) groups excluding carboxylic acids is 3. The SMILES string of the molecule is CC(=O)OCC1=C(C(=O)O)N2C(=O)[C@@H](NC(=O)/C(=N\OCc3cc(-c4ccc(O)c(O)c4)no3)c3csc(N)n3)[C@H]2SC1. The van der Waals surface area contributed by atoms with Crippen LogP contribution in [0, 0.1) is 0 Å². The van der Waals surface area contributed by atoms with Crippen LogP contribution in [0.4, 0.5) is 5.13 Å². The van der Waals surface area contributed by atoms with Crippen LogP contribution in [0.2, 0.25) is 0 Å². The number of β-lactam (4-membered cyclic amide) rings is 1. The van der Waals surface area contributed by atoms with Crippen molar-refractivity contribution in [2.24, 2.45) is 5.16 Å². The first kappa shape index (κ1) is 29.4. The fourth-order valence-corrected chi connectivity index (χ4v) is 6.03. The second-order valence-corrected chi connectivity index (χ2v) is 11.1. The number of nitrogen functional groups attached to an aromatic ring is 1. The average Bonchev–Trinajstić information content (AvgIpc) is 3.62. The number of amides is 2. The number of hydrogen-bond acceptors (Lipinski definition) is 15. The lowest BCUT2D eigenvalue weighted by Crippen LogP contribution is -2.71. The molecule has 2 amide bonds. The number of hydrogen-bond donors (Lipinski definition) is 5. The van der Waals surface area contributed by atoms with Gasteiger partial charge in [-0.05, 0) is 18.2 Å². The molecule has 1 saturated heterocycles. The van der Waals surface area contributed by atoms with Crippen LogP contribution in [-0.2, 0) is 35.4 Å². The van der Waals surface area contributed by atoms with Crippen molar-refractivity contribution in [2.45, 2.75) is 24.9 Å². The van der Waals surface area contributed by atoms with Gasteiger partial charge in [0.25, 0.3) is 11.8 Å². The van der Waals surface area contributed by atoms with Crippen LogP contribution in [0.5, 0.6) is 11.5 Å². The Kier molecular flexibility index (Phi) is 8.22. The van der Waals surface area contributed by atoms with Crippen LogP contribution in [0.3, 0.4) is 0 Å². The van der Waals surface area contributed by atoms with E-state index in [1.807, 2.05) is 0 Å². The van der Waals surface area contributed by atoms with E-state index in [9.17, 15) is 34.5 Å². The molecule has 2 aromatic heterocycles. The summed E-state index contributed by atoms with van der Waals surface area (Å²) >= 11 is 2.25. The molecule has 3 aromatic rings. The number of aromatic hydroxyl groups is 2. The van der Waals surface area contributed by atoms with Crippen LogP contribution >= 0.6 is 23.1 Å². The topological polar surface area (TPSA) is 240 Å². The molecule has 2 aliphatic heterocycles. The fourth-order valence-electron chi connectivity index (χ4n) is 4.15. The van der Waals surface area contributed by atoms with Crippen molar-refractivity contribution < 1.29 is 48.6 Å². The lowest BCUT2D eigenvalue weighted by Gasteiger charge is -2.49. The predicted molar refractivity (Wildman–Crippen MR) is 149 cm³/mol. The Hall–Kier alpha value is -5.10. The van der Waals surface area contributed by atoms with Crippen molar-refractivity contribution in [3.63, 3.8) is 0 Å². The molecule has 6 N–H and O–H groups in total. The molecule has 0 aliphatic carbocycles. The number of ether oxygens (including phenoxy) is 1. The fraction of sp³-hybridized carbons (Fsp3) is 0.240. The number of carbonyl (C=O) groups is 4. The number of thioether (sulfide) groups is 1. The van der Waals surface area contributed by atoms with E-state index in [1.165, 1.54) is 48.3 Å². The molecule has 1 aromatic carbocycles. The Morgan fingerprint density at radius 1 is 1.23 bits per heavy atom. The summed E-state index contributed by atoms with van der Waals surface area (Å²) < 4.78 is 10.1. The summed E-state index contributed by atoms with van der Waals surface area (Å²) in [6.45, 7) is 0.646. The van der Waals surface area contributed by atoms with E-state index in [2.05, 4.69) is 20.6 Å². The van der Waals surface area contributed by atoms with E-state index in [4.69, 9.17) is 19.8 Å². The highest BCUT2D eigenvalue weighted by Crippen LogP contribution is 2.40.